The zero-order valence-corrected chi connectivity index (χ0v) is 19.3. The monoisotopic (exact) mass is 608 g/mol. The van der Waals surface area contributed by atoms with Crippen LogP contribution in [0.1, 0.15) is 0 Å². The van der Waals surface area contributed by atoms with Crippen LogP contribution < -0.4 is 4.74 Å². The summed E-state index contributed by atoms with van der Waals surface area (Å²) in [5.74, 6) is -0.253. The van der Waals surface area contributed by atoms with E-state index < -0.39 is 19.2 Å². The first-order valence-corrected chi connectivity index (χ1v) is 10.2. The van der Waals surface area contributed by atoms with E-state index >= 15 is 0 Å². The zero-order chi connectivity index (χ0) is 20.7. The highest BCUT2D eigenvalue weighted by Crippen LogP contribution is 2.25. The Kier molecular flexibility index (Phi) is 9.18. The number of aryl methyl sites for hydroxylation is 2. The van der Waals surface area contributed by atoms with Crippen LogP contribution in [-0.2, 0) is 13.1 Å². The lowest BCUT2D eigenvalue weighted by atomic mass is 10.3. The lowest BCUT2D eigenvalue weighted by molar-refractivity contribution is 0.363. The van der Waals surface area contributed by atoms with Crippen molar-refractivity contribution in [1.29, 1.82) is 0 Å². The molecular weight excluding hydrogens is 600 g/mol. The van der Waals surface area contributed by atoms with Gasteiger partial charge in [0.15, 0.2) is 4.73 Å². The van der Waals surface area contributed by atoms with Gasteiger partial charge in [-0.3, -0.25) is 0 Å². The van der Waals surface area contributed by atoms with E-state index in [1.54, 1.807) is 0 Å². The molecule has 0 unspecified atom stereocenters. The fraction of sp³-hybridized carbons (Fsp3) is 0.286. The normalized spacial score (nSPS) is 10.5. The Bertz CT molecular complexity index is 926. The summed E-state index contributed by atoms with van der Waals surface area (Å²) in [6, 6.07) is 3.97. The van der Waals surface area contributed by atoms with Crippen molar-refractivity contribution in [2.24, 2.45) is 0 Å². The van der Waals surface area contributed by atoms with E-state index in [-0.39, 0.29) is 28.9 Å². The number of aromatic nitrogens is 6. The average Bonchev–Trinajstić information content (AvgIpc) is 3.13. The van der Waals surface area contributed by atoms with Gasteiger partial charge in [-0.05, 0) is 59.9 Å². The summed E-state index contributed by atoms with van der Waals surface area (Å²) in [4.78, 5) is 7.77. The number of ether oxygens (including phenoxy) is 1. The van der Waals surface area contributed by atoms with Gasteiger partial charge >= 0.3 is 6.01 Å². The van der Waals surface area contributed by atoms with Gasteiger partial charge in [0.2, 0.25) is 9.47 Å². The van der Waals surface area contributed by atoms with E-state index in [0.717, 1.165) is 0 Å². The van der Waals surface area contributed by atoms with Crippen molar-refractivity contribution in [3.63, 3.8) is 0 Å². The molecule has 0 atom stereocenters. The van der Waals surface area contributed by atoms with Gasteiger partial charge in [-0.2, -0.15) is 9.97 Å². The van der Waals surface area contributed by atoms with Crippen LogP contribution in [0.25, 0.3) is 0 Å². The molecule has 0 aliphatic rings. The third-order valence-corrected chi connectivity index (χ3v) is 4.45. The number of alkyl halides is 2. The average molecular weight is 611 g/mol. The molecule has 28 heavy (non-hydrogen) atoms. The van der Waals surface area contributed by atoms with E-state index in [4.69, 9.17) is 16.3 Å². The smallest absolute Gasteiger partial charge is 0.321 e. The summed E-state index contributed by atoms with van der Waals surface area (Å²) in [7, 11) is 0. The Morgan fingerprint density at radius 2 is 1.57 bits per heavy atom. The van der Waals surface area contributed by atoms with Crippen molar-refractivity contribution in [3.05, 3.63) is 43.2 Å². The van der Waals surface area contributed by atoms with Crippen molar-refractivity contribution in [1.82, 2.24) is 29.5 Å². The molecule has 0 N–H and O–H groups in total. The number of hydrogen-bond acceptors (Lipinski definition) is 5. The molecule has 14 heteroatoms. The van der Waals surface area contributed by atoms with E-state index in [9.17, 15) is 13.2 Å². The first-order chi connectivity index (χ1) is 13.3. The Morgan fingerprint density at radius 3 is 2.14 bits per heavy atom. The molecule has 7 nitrogen and oxygen atoms in total. The molecule has 2 aromatic heterocycles. The molecule has 2 heterocycles. The third kappa shape index (κ3) is 6.71. The van der Waals surface area contributed by atoms with E-state index in [0.29, 0.717) is 15.2 Å². The number of hydrogen-bond donors (Lipinski definition) is 0. The molecule has 3 rings (SSSR count). The quantitative estimate of drug-likeness (QED) is 0.375. The minimum Gasteiger partial charge on any atom is -0.424 e. The third-order valence-electron chi connectivity index (χ3n) is 2.91. The summed E-state index contributed by atoms with van der Waals surface area (Å²) < 4.78 is 46.3. The topological polar surface area (TPSA) is 70.7 Å². The summed E-state index contributed by atoms with van der Waals surface area (Å²) >= 11 is 14.8. The van der Waals surface area contributed by atoms with Crippen LogP contribution in [0.3, 0.4) is 0 Å². The Labute approximate surface area is 187 Å². The molecule has 0 aliphatic heterocycles. The SMILES string of the molecule is FCCn1nc(Br)nc1Br.FCCn1nc(Br)nc1Oc1ccc(F)c(Cl)c1. The minimum absolute atomic E-state index is 0.0167. The summed E-state index contributed by atoms with van der Waals surface area (Å²) in [5.41, 5.74) is 0. The van der Waals surface area contributed by atoms with E-state index in [1.807, 2.05) is 0 Å². The molecule has 0 saturated heterocycles. The molecule has 0 saturated carbocycles. The molecule has 1 aromatic carbocycles. The fourth-order valence-electron chi connectivity index (χ4n) is 1.77. The summed E-state index contributed by atoms with van der Waals surface area (Å²) in [5, 5.41) is 7.66. The summed E-state index contributed by atoms with van der Waals surface area (Å²) in [6.45, 7) is -0.785. The van der Waals surface area contributed by atoms with Crippen molar-refractivity contribution < 1.29 is 17.9 Å². The number of halogens is 7. The number of nitrogens with zero attached hydrogens (tertiary/aromatic N) is 6. The maximum Gasteiger partial charge on any atom is 0.321 e. The van der Waals surface area contributed by atoms with Crippen LogP contribution in [0.2, 0.25) is 5.02 Å². The lowest BCUT2D eigenvalue weighted by Crippen LogP contribution is -2.04. The number of rotatable bonds is 6. The second kappa shape index (κ2) is 11.1. The molecular formula is C14H11Br3ClF3N6O. The molecule has 3 aromatic rings. The van der Waals surface area contributed by atoms with Gasteiger partial charge < -0.3 is 4.74 Å². The largest absolute Gasteiger partial charge is 0.424 e. The highest BCUT2D eigenvalue weighted by Gasteiger charge is 2.11. The van der Waals surface area contributed by atoms with Crippen LogP contribution in [0.4, 0.5) is 13.2 Å². The molecule has 0 amide bonds. The predicted octanol–water partition coefficient (Wildman–Crippen LogP) is 5.37. The van der Waals surface area contributed by atoms with Crippen LogP contribution in [0, 0.1) is 5.82 Å². The summed E-state index contributed by atoms with van der Waals surface area (Å²) in [6.07, 6.45) is 0. The molecule has 0 aliphatic carbocycles. The molecule has 0 bridgehead atoms. The van der Waals surface area contributed by atoms with Crippen molar-refractivity contribution in [3.8, 4) is 11.8 Å². The van der Waals surface area contributed by atoms with Crippen LogP contribution in [-0.4, -0.2) is 42.9 Å². The van der Waals surface area contributed by atoms with Gasteiger partial charge in [0.1, 0.15) is 24.9 Å². The standard InChI is InChI=1S/C10H7BrClF2N3O.C4H4Br2FN3/c11-9-15-10(17(16-9)4-3-13)18-6-1-2-8(14)7(12)5-6;5-3-8-4(6)10(9-3)2-1-7/h1-2,5H,3-4H2;1-2H2. The lowest BCUT2D eigenvalue weighted by Gasteiger charge is -2.06. The minimum atomic E-state index is -0.601. The van der Waals surface area contributed by atoms with Crippen molar-refractivity contribution in [2.45, 2.75) is 13.1 Å². The van der Waals surface area contributed by atoms with Gasteiger partial charge in [-0.1, -0.05) is 11.6 Å². The van der Waals surface area contributed by atoms with Gasteiger partial charge in [-0.25, -0.2) is 22.5 Å². The molecule has 0 fully saturated rings. The first kappa shape index (κ1) is 23.1. The Hall–Kier alpha value is -1.18. The van der Waals surface area contributed by atoms with Crippen molar-refractivity contribution in [2.75, 3.05) is 13.3 Å². The van der Waals surface area contributed by atoms with E-state index in [1.165, 1.54) is 27.6 Å². The highest BCUT2D eigenvalue weighted by molar-refractivity contribution is 9.11. The van der Waals surface area contributed by atoms with Gasteiger partial charge in [0.25, 0.3) is 0 Å². The van der Waals surface area contributed by atoms with Gasteiger partial charge in [-0.15, -0.1) is 10.2 Å². The van der Waals surface area contributed by atoms with Crippen molar-refractivity contribution >= 4 is 59.4 Å². The fourth-order valence-corrected chi connectivity index (χ4v) is 3.30. The Morgan fingerprint density at radius 1 is 0.964 bits per heavy atom. The maximum atomic E-state index is 13.0. The second-order valence-electron chi connectivity index (χ2n) is 4.82. The van der Waals surface area contributed by atoms with Crippen LogP contribution in [0.15, 0.2) is 32.4 Å². The second-order valence-corrected chi connectivity index (χ2v) is 7.35. The highest BCUT2D eigenvalue weighted by atomic mass is 79.9. The van der Waals surface area contributed by atoms with Crippen LogP contribution >= 0.6 is 59.4 Å². The molecule has 0 radical (unpaired) electrons. The Balaban J connectivity index is 0.000000237. The first-order valence-electron chi connectivity index (χ1n) is 7.45. The molecule has 0 spiro atoms. The predicted molar refractivity (Wildman–Crippen MR) is 107 cm³/mol. The van der Waals surface area contributed by atoms with Gasteiger partial charge in [0.05, 0.1) is 18.1 Å². The zero-order valence-electron chi connectivity index (χ0n) is 13.8. The van der Waals surface area contributed by atoms with Crippen LogP contribution in [0.5, 0.6) is 11.8 Å². The maximum absolute atomic E-state index is 13.0. The van der Waals surface area contributed by atoms with Gasteiger partial charge in [0, 0.05) is 6.07 Å². The number of benzene rings is 1. The van der Waals surface area contributed by atoms with E-state index in [2.05, 4.69) is 68.0 Å². The molecule has 152 valence electrons.